The smallest absolute Gasteiger partial charge is 0.222 e. The molecule has 0 aromatic heterocycles. The first kappa shape index (κ1) is 43.0. The summed E-state index contributed by atoms with van der Waals surface area (Å²) in [6.45, 7) is 13.2. The number of ether oxygens (including phenoxy) is 12. The lowest BCUT2D eigenvalue weighted by Gasteiger charge is -2.09. The van der Waals surface area contributed by atoms with Gasteiger partial charge in [0.25, 0.3) is 0 Å². The summed E-state index contributed by atoms with van der Waals surface area (Å²) in [7, 11) is 3.50. The SMILES string of the molecule is CNCCOCCOCCOCCOCCOCCOCCOCCOCCOCCOCCOCCOCCC(=O)NC. The molecule has 0 aliphatic heterocycles. The minimum atomic E-state index is -0.0356. The van der Waals surface area contributed by atoms with Crippen molar-refractivity contribution in [3.05, 3.63) is 0 Å². The van der Waals surface area contributed by atoms with E-state index in [1.807, 2.05) is 7.05 Å². The number of likely N-dealkylation sites (N-methyl/N-ethyl adjacent to an activating group) is 1. The second-order valence-electron chi connectivity index (χ2n) is 8.88. The molecule has 2 N–H and O–H groups in total. The van der Waals surface area contributed by atoms with E-state index in [0.717, 1.165) is 6.54 Å². The van der Waals surface area contributed by atoms with Crippen molar-refractivity contribution in [2.75, 3.05) is 179 Å². The van der Waals surface area contributed by atoms with Crippen LogP contribution in [0.3, 0.4) is 0 Å². The maximum Gasteiger partial charge on any atom is 0.222 e. The number of hydrogen-bond acceptors (Lipinski definition) is 14. The fourth-order valence-electron chi connectivity index (χ4n) is 2.99. The topological polar surface area (TPSA) is 152 Å². The van der Waals surface area contributed by atoms with Gasteiger partial charge in [-0.3, -0.25) is 4.79 Å². The van der Waals surface area contributed by atoms with Crippen LogP contribution in [0.5, 0.6) is 0 Å². The monoisotopic (exact) mass is 644 g/mol. The van der Waals surface area contributed by atoms with Crippen LogP contribution in [-0.4, -0.2) is 185 Å². The molecule has 0 rings (SSSR count). The zero-order valence-corrected chi connectivity index (χ0v) is 27.2. The second kappa shape index (κ2) is 40.0. The Hall–Kier alpha value is -1.05. The highest BCUT2D eigenvalue weighted by atomic mass is 16.6. The van der Waals surface area contributed by atoms with Crippen LogP contribution in [-0.2, 0) is 61.6 Å². The van der Waals surface area contributed by atoms with Gasteiger partial charge in [-0.05, 0) is 7.05 Å². The van der Waals surface area contributed by atoms with E-state index in [-0.39, 0.29) is 5.91 Å². The predicted molar refractivity (Wildman–Crippen MR) is 162 cm³/mol. The Labute approximate surface area is 264 Å². The van der Waals surface area contributed by atoms with Gasteiger partial charge in [0, 0.05) is 20.0 Å². The van der Waals surface area contributed by atoms with Crippen molar-refractivity contribution in [1.29, 1.82) is 0 Å². The summed E-state index contributed by atoms with van der Waals surface area (Å²) in [5.74, 6) is -0.0356. The normalized spacial score (nSPS) is 11.4. The number of rotatable bonds is 39. The molecule has 0 heterocycles. The van der Waals surface area contributed by atoms with Crippen molar-refractivity contribution in [1.82, 2.24) is 10.6 Å². The Kier molecular flexibility index (Phi) is 39.0. The third kappa shape index (κ3) is 39.0. The van der Waals surface area contributed by atoms with E-state index in [9.17, 15) is 4.79 Å². The summed E-state index contributed by atoms with van der Waals surface area (Å²) in [6.07, 6.45) is 0.356. The molecule has 0 aromatic carbocycles. The fraction of sp³-hybridized carbons (Fsp3) is 0.966. The second-order valence-corrected chi connectivity index (χ2v) is 8.88. The minimum Gasteiger partial charge on any atom is -0.379 e. The van der Waals surface area contributed by atoms with Gasteiger partial charge in [-0.1, -0.05) is 0 Å². The lowest BCUT2D eigenvalue weighted by molar-refractivity contribution is -0.121. The molecule has 0 saturated heterocycles. The largest absolute Gasteiger partial charge is 0.379 e. The maximum atomic E-state index is 11.0. The number of nitrogens with one attached hydrogen (secondary N) is 2. The predicted octanol–water partition coefficient (Wildman–Crippen LogP) is -0.459. The molecule has 15 nitrogen and oxygen atoms in total. The van der Waals surface area contributed by atoms with Gasteiger partial charge in [-0.15, -0.1) is 0 Å². The Balaban J connectivity index is 3.04. The molecule has 0 aromatic rings. The van der Waals surface area contributed by atoms with Gasteiger partial charge in [0.2, 0.25) is 5.91 Å². The van der Waals surface area contributed by atoms with E-state index in [1.54, 1.807) is 7.05 Å². The van der Waals surface area contributed by atoms with Gasteiger partial charge < -0.3 is 67.5 Å². The van der Waals surface area contributed by atoms with Crippen molar-refractivity contribution < 1.29 is 61.6 Å². The van der Waals surface area contributed by atoms with Crippen molar-refractivity contribution >= 4 is 5.91 Å². The van der Waals surface area contributed by atoms with Gasteiger partial charge in [0.1, 0.15) is 0 Å². The van der Waals surface area contributed by atoms with E-state index in [0.29, 0.717) is 165 Å². The van der Waals surface area contributed by atoms with E-state index in [1.165, 1.54) is 0 Å². The van der Waals surface area contributed by atoms with E-state index >= 15 is 0 Å². The third-order valence-electron chi connectivity index (χ3n) is 5.34. The molecule has 0 unspecified atom stereocenters. The highest BCUT2D eigenvalue weighted by molar-refractivity contribution is 5.75. The molecule has 264 valence electrons. The number of amides is 1. The molecule has 0 bridgehead atoms. The standard InChI is InChI=1S/C29H60N2O13/c1-30-4-6-34-8-10-36-12-14-38-16-18-40-20-22-42-24-26-44-28-27-43-25-23-41-21-19-39-17-15-37-13-11-35-9-7-33-5-3-29(32)31-2/h30H,3-28H2,1-2H3,(H,31,32). The van der Waals surface area contributed by atoms with E-state index in [2.05, 4.69) is 10.6 Å². The lowest BCUT2D eigenvalue weighted by Crippen LogP contribution is -2.20. The van der Waals surface area contributed by atoms with Gasteiger partial charge in [-0.2, -0.15) is 0 Å². The Morgan fingerprint density at radius 2 is 0.545 bits per heavy atom. The highest BCUT2D eigenvalue weighted by Crippen LogP contribution is 1.88. The van der Waals surface area contributed by atoms with Crippen LogP contribution in [0.15, 0.2) is 0 Å². The first-order chi connectivity index (χ1) is 21.8. The molecule has 0 radical (unpaired) electrons. The summed E-state index contributed by atoms with van der Waals surface area (Å²) in [4.78, 5) is 11.0. The van der Waals surface area contributed by atoms with Gasteiger partial charge in [-0.25, -0.2) is 0 Å². The number of carbonyl (C=O) groups is 1. The summed E-state index contributed by atoms with van der Waals surface area (Å²) < 4.78 is 65.1. The molecular formula is C29H60N2O13. The Bertz CT molecular complexity index is 553. The van der Waals surface area contributed by atoms with Crippen LogP contribution in [0.25, 0.3) is 0 Å². The zero-order chi connectivity index (χ0) is 31.9. The van der Waals surface area contributed by atoms with E-state index < -0.39 is 0 Å². The van der Waals surface area contributed by atoms with Crippen molar-refractivity contribution in [3.8, 4) is 0 Å². The minimum absolute atomic E-state index is 0.0356. The molecule has 15 heteroatoms. The van der Waals surface area contributed by atoms with Crippen LogP contribution in [0.2, 0.25) is 0 Å². The maximum absolute atomic E-state index is 11.0. The molecule has 0 fully saturated rings. The lowest BCUT2D eigenvalue weighted by atomic mass is 10.4. The summed E-state index contributed by atoms with van der Waals surface area (Å²) in [6, 6.07) is 0. The van der Waals surface area contributed by atoms with Crippen LogP contribution in [0, 0.1) is 0 Å². The molecule has 0 spiro atoms. The molecule has 0 saturated carbocycles. The number of hydrogen-bond donors (Lipinski definition) is 2. The first-order valence-electron chi connectivity index (χ1n) is 15.6. The molecule has 0 aliphatic rings. The molecule has 1 amide bonds. The van der Waals surface area contributed by atoms with Crippen LogP contribution >= 0.6 is 0 Å². The van der Waals surface area contributed by atoms with Gasteiger partial charge >= 0.3 is 0 Å². The summed E-state index contributed by atoms with van der Waals surface area (Å²) >= 11 is 0. The van der Waals surface area contributed by atoms with Gasteiger partial charge in [0.05, 0.1) is 159 Å². The van der Waals surface area contributed by atoms with Crippen LogP contribution < -0.4 is 10.6 Å². The van der Waals surface area contributed by atoms with Crippen LogP contribution in [0.4, 0.5) is 0 Å². The van der Waals surface area contributed by atoms with Crippen molar-refractivity contribution in [3.63, 3.8) is 0 Å². The van der Waals surface area contributed by atoms with Gasteiger partial charge in [0.15, 0.2) is 0 Å². The average Bonchev–Trinajstić information content (AvgIpc) is 3.04. The highest BCUT2D eigenvalue weighted by Gasteiger charge is 1.98. The Morgan fingerprint density at radius 3 is 0.750 bits per heavy atom. The quantitative estimate of drug-likeness (QED) is 0.0831. The van der Waals surface area contributed by atoms with Crippen molar-refractivity contribution in [2.24, 2.45) is 0 Å². The molecule has 0 atom stereocenters. The molecule has 0 aliphatic carbocycles. The number of carbonyl (C=O) groups excluding carboxylic acids is 1. The average molecular weight is 645 g/mol. The first-order valence-corrected chi connectivity index (χ1v) is 15.6. The zero-order valence-electron chi connectivity index (χ0n) is 27.2. The van der Waals surface area contributed by atoms with E-state index in [4.69, 9.17) is 56.8 Å². The third-order valence-corrected chi connectivity index (χ3v) is 5.34. The fourth-order valence-corrected chi connectivity index (χ4v) is 2.99. The summed E-state index contributed by atoms with van der Waals surface area (Å²) in [5.41, 5.74) is 0. The molecule has 44 heavy (non-hydrogen) atoms. The van der Waals surface area contributed by atoms with Crippen LogP contribution in [0.1, 0.15) is 6.42 Å². The summed E-state index contributed by atoms with van der Waals surface area (Å²) in [5, 5.41) is 5.56. The molecular weight excluding hydrogens is 584 g/mol. The Morgan fingerprint density at radius 1 is 0.341 bits per heavy atom. The van der Waals surface area contributed by atoms with Crippen molar-refractivity contribution in [2.45, 2.75) is 6.42 Å².